The molecule has 1 aliphatic heterocycles. The largest absolute Gasteiger partial charge is 0.494 e. The summed E-state index contributed by atoms with van der Waals surface area (Å²) in [6.07, 6.45) is -2.25. The molecule has 58 heavy (non-hydrogen) atoms. The molecule has 0 spiro atoms. The van der Waals surface area contributed by atoms with Gasteiger partial charge in [0, 0.05) is 5.02 Å². The summed E-state index contributed by atoms with van der Waals surface area (Å²) in [5.41, 5.74) is 4.29. The minimum absolute atomic E-state index is 0.0490. The predicted octanol–water partition coefficient (Wildman–Crippen LogP) is 10.7. The topological polar surface area (TPSA) is 75.6 Å². The summed E-state index contributed by atoms with van der Waals surface area (Å²) in [4.78, 5) is 0. The van der Waals surface area contributed by atoms with Gasteiger partial charge in [-0.15, -0.1) is 0 Å². The van der Waals surface area contributed by atoms with Crippen molar-refractivity contribution >= 4 is 19.9 Å². The lowest BCUT2D eigenvalue weighted by atomic mass is 9.79. The SMILES string of the molecule is CCOc1ccc(Cc2cc([C@]3(CO)O[C@H](CO[Si](C)(C)C(C)(C)C)[C@@H](OCc4ccccc4)[C@H](OCc4ccccc4)[C@H]3OCc3ccccc3)ccc2Cl)cc1. The van der Waals surface area contributed by atoms with E-state index in [2.05, 4.69) is 46.0 Å². The van der Waals surface area contributed by atoms with E-state index in [0.29, 0.717) is 31.3 Å². The summed E-state index contributed by atoms with van der Waals surface area (Å²) in [6, 6.07) is 44.1. The van der Waals surface area contributed by atoms with Crippen LogP contribution in [0.4, 0.5) is 0 Å². The third kappa shape index (κ3) is 10.9. The zero-order valence-electron chi connectivity index (χ0n) is 34.7. The van der Waals surface area contributed by atoms with E-state index >= 15 is 0 Å². The molecule has 9 heteroatoms. The number of hydrogen-bond acceptors (Lipinski definition) is 7. The van der Waals surface area contributed by atoms with E-state index < -0.39 is 44.9 Å². The molecule has 5 atom stereocenters. The monoisotopic (exact) mass is 822 g/mol. The Labute approximate surface area is 351 Å². The van der Waals surface area contributed by atoms with Gasteiger partial charge in [-0.3, -0.25) is 0 Å². The third-order valence-corrected chi connectivity index (χ3v) is 16.3. The quantitative estimate of drug-likeness (QED) is 0.0882. The van der Waals surface area contributed by atoms with Crippen LogP contribution in [0.2, 0.25) is 23.2 Å². The van der Waals surface area contributed by atoms with Crippen LogP contribution in [0.25, 0.3) is 0 Å². The van der Waals surface area contributed by atoms with Crippen LogP contribution in [0.3, 0.4) is 0 Å². The first-order valence-corrected chi connectivity index (χ1v) is 23.6. The summed E-state index contributed by atoms with van der Waals surface area (Å²) in [5.74, 6) is 0.816. The molecule has 1 N–H and O–H groups in total. The van der Waals surface area contributed by atoms with E-state index in [0.717, 1.165) is 39.1 Å². The Morgan fingerprint density at radius 3 is 1.74 bits per heavy atom. The number of ether oxygens (including phenoxy) is 5. The van der Waals surface area contributed by atoms with Crippen molar-refractivity contribution in [1.29, 1.82) is 0 Å². The van der Waals surface area contributed by atoms with E-state index in [1.807, 2.05) is 128 Å². The molecule has 308 valence electrons. The first-order chi connectivity index (χ1) is 27.9. The molecule has 5 aromatic carbocycles. The van der Waals surface area contributed by atoms with Gasteiger partial charge < -0.3 is 33.2 Å². The zero-order valence-corrected chi connectivity index (χ0v) is 36.5. The lowest BCUT2D eigenvalue weighted by Crippen LogP contribution is -2.67. The Bertz CT molecular complexity index is 1990. The molecule has 7 nitrogen and oxygen atoms in total. The predicted molar refractivity (Wildman–Crippen MR) is 234 cm³/mol. The lowest BCUT2D eigenvalue weighted by Gasteiger charge is -2.53. The molecule has 0 amide bonds. The summed E-state index contributed by atoms with van der Waals surface area (Å²) in [5, 5.41) is 12.4. The molecule has 1 fully saturated rings. The van der Waals surface area contributed by atoms with Crippen LogP contribution in [0.15, 0.2) is 133 Å². The molecule has 0 unspecified atom stereocenters. The summed E-state index contributed by atoms with van der Waals surface area (Å²) in [7, 11) is -2.28. The first-order valence-electron chi connectivity index (χ1n) is 20.3. The molecule has 0 aromatic heterocycles. The fourth-order valence-corrected chi connectivity index (χ4v) is 8.31. The summed E-state index contributed by atoms with van der Waals surface area (Å²) in [6.45, 7) is 14.4. The van der Waals surface area contributed by atoms with Crippen molar-refractivity contribution in [3.05, 3.63) is 172 Å². The fourth-order valence-electron chi connectivity index (χ4n) is 7.11. The van der Waals surface area contributed by atoms with Crippen molar-refractivity contribution in [1.82, 2.24) is 0 Å². The maximum absolute atomic E-state index is 11.9. The van der Waals surface area contributed by atoms with Gasteiger partial charge in [0.25, 0.3) is 0 Å². The van der Waals surface area contributed by atoms with Crippen LogP contribution < -0.4 is 4.74 Å². The van der Waals surface area contributed by atoms with Crippen molar-refractivity contribution in [2.24, 2.45) is 0 Å². The molecule has 1 saturated heterocycles. The van der Waals surface area contributed by atoms with Gasteiger partial charge in [-0.05, 0) is 83.1 Å². The van der Waals surface area contributed by atoms with Crippen LogP contribution >= 0.6 is 11.6 Å². The number of rotatable bonds is 18. The van der Waals surface area contributed by atoms with Crippen molar-refractivity contribution in [2.45, 2.75) is 102 Å². The number of aliphatic hydroxyl groups excluding tert-OH is 1. The number of aliphatic hydroxyl groups is 1. The summed E-state index contributed by atoms with van der Waals surface area (Å²) >= 11 is 6.95. The van der Waals surface area contributed by atoms with Gasteiger partial charge in [0.2, 0.25) is 0 Å². The molecule has 5 aromatic rings. The van der Waals surface area contributed by atoms with Crippen molar-refractivity contribution < 1.29 is 33.2 Å². The lowest BCUT2D eigenvalue weighted by molar-refractivity contribution is -0.317. The highest BCUT2D eigenvalue weighted by atomic mass is 35.5. The normalized spacial score (nSPS) is 21.2. The molecular weight excluding hydrogens is 764 g/mol. The summed E-state index contributed by atoms with van der Waals surface area (Å²) < 4.78 is 41.0. The van der Waals surface area contributed by atoms with Gasteiger partial charge in [0.15, 0.2) is 8.32 Å². The third-order valence-electron chi connectivity index (χ3n) is 11.5. The van der Waals surface area contributed by atoms with E-state index in [1.54, 1.807) is 0 Å². The first kappa shape index (κ1) is 43.7. The number of benzene rings is 5. The Balaban J connectivity index is 1.47. The minimum atomic E-state index is -2.28. The average Bonchev–Trinajstić information content (AvgIpc) is 3.23. The number of halogens is 1. The van der Waals surface area contributed by atoms with E-state index in [4.69, 9.17) is 39.7 Å². The van der Waals surface area contributed by atoms with Crippen LogP contribution in [0.5, 0.6) is 5.75 Å². The van der Waals surface area contributed by atoms with E-state index in [9.17, 15) is 5.11 Å². The zero-order chi connectivity index (χ0) is 41.2. The van der Waals surface area contributed by atoms with Crippen LogP contribution in [0.1, 0.15) is 61.1 Å². The minimum Gasteiger partial charge on any atom is -0.494 e. The van der Waals surface area contributed by atoms with Gasteiger partial charge in [-0.1, -0.05) is 148 Å². The second kappa shape index (κ2) is 19.9. The maximum Gasteiger partial charge on any atom is 0.192 e. The van der Waals surface area contributed by atoms with Crippen molar-refractivity contribution in [3.8, 4) is 5.75 Å². The van der Waals surface area contributed by atoms with Gasteiger partial charge in [0.1, 0.15) is 35.8 Å². The fraction of sp³-hybridized carbons (Fsp3) is 0.388. The van der Waals surface area contributed by atoms with Crippen LogP contribution in [0, 0.1) is 0 Å². The number of hydrogen-bond donors (Lipinski definition) is 1. The molecule has 0 radical (unpaired) electrons. The second-order valence-electron chi connectivity index (χ2n) is 16.6. The Morgan fingerprint density at radius 2 is 1.22 bits per heavy atom. The van der Waals surface area contributed by atoms with Gasteiger partial charge in [-0.2, -0.15) is 0 Å². The molecule has 0 aliphatic carbocycles. The highest BCUT2D eigenvalue weighted by Gasteiger charge is 2.58. The molecule has 1 aliphatic rings. The molecule has 0 saturated carbocycles. The molecular formula is C49H59ClO7Si. The molecule has 1 heterocycles. The molecule has 6 rings (SSSR count). The average molecular weight is 824 g/mol. The second-order valence-corrected chi connectivity index (χ2v) is 21.8. The molecule has 0 bridgehead atoms. The maximum atomic E-state index is 11.9. The Morgan fingerprint density at radius 1 is 0.690 bits per heavy atom. The van der Waals surface area contributed by atoms with E-state index in [1.165, 1.54) is 0 Å². The van der Waals surface area contributed by atoms with Crippen LogP contribution in [-0.2, 0) is 55.2 Å². The van der Waals surface area contributed by atoms with Crippen molar-refractivity contribution in [3.63, 3.8) is 0 Å². The van der Waals surface area contributed by atoms with Crippen molar-refractivity contribution in [2.75, 3.05) is 19.8 Å². The van der Waals surface area contributed by atoms with Gasteiger partial charge in [-0.25, -0.2) is 0 Å². The Kier molecular flexibility index (Phi) is 15.0. The van der Waals surface area contributed by atoms with Crippen LogP contribution in [-0.4, -0.2) is 57.7 Å². The standard InChI is InChI=1S/C49H59ClO7Si/c1-7-52-42-26-23-36(24-27-42)29-40-30-41(25-28-43(40)50)49(35-51)47(55-33-39-21-15-10-16-22-39)46(54-32-38-19-13-9-14-20-38)45(53-31-37-17-11-8-12-18-37)44(57-49)34-56-58(5,6)48(2,3)4/h8-28,30,44-47,51H,7,29,31-35H2,1-6H3/t44-,45-,46+,47-,49+/m1/s1. The Hall–Kier alpha value is -3.83. The smallest absolute Gasteiger partial charge is 0.192 e. The van der Waals surface area contributed by atoms with Gasteiger partial charge >= 0.3 is 0 Å². The van der Waals surface area contributed by atoms with Gasteiger partial charge in [0.05, 0.1) is 39.6 Å². The highest BCUT2D eigenvalue weighted by molar-refractivity contribution is 6.74. The highest BCUT2D eigenvalue weighted by Crippen LogP contribution is 2.45. The van der Waals surface area contributed by atoms with E-state index in [-0.39, 0.29) is 18.3 Å².